The second kappa shape index (κ2) is 6.37. The van der Waals surface area contributed by atoms with Crippen molar-refractivity contribution in [1.29, 1.82) is 0 Å². The summed E-state index contributed by atoms with van der Waals surface area (Å²) in [6, 6.07) is 2.21. The summed E-state index contributed by atoms with van der Waals surface area (Å²) in [4.78, 5) is 13.3. The number of hydrogen-bond acceptors (Lipinski definition) is 4. The molecule has 0 aliphatic heterocycles. The topological polar surface area (TPSA) is 38.3 Å². The molecule has 0 aromatic carbocycles. The highest BCUT2D eigenvalue weighted by molar-refractivity contribution is 9.11. The lowest BCUT2D eigenvalue weighted by Gasteiger charge is -2.29. The fourth-order valence-electron chi connectivity index (χ4n) is 2.57. The summed E-state index contributed by atoms with van der Waals surface area (Å²) in [7, 11) is 1.45. The SMILES string of the molecule is COC(=O)C(NC1CCCc2sc(Br)cc21)C(C)C. The third-order valence-corrected chi connectivity index (χ3v) is 5.30. The predicted octanol–water partition coefficient (Wildman–Crippen LogP) is 3.68. The average Bonchev–Trinajstić information content (AvgIpc) is 2.75. The van der Waals surface area contributed by atoms with Crippen molar-refractivity contribution in [3.63, 3.8) is 0 Å². The van der Waals surface area contributed by atoms with Gasteiger partial charge in [-0.2, -0.15) is 0 Å². The minimum Gasteiger partial charge on any atom is -0.468 e. The Hall–Kier alpha value is -0.390. The van der Waals surface area contributed by atoms with Crippen molar-refractivity contribution in [2.75, 3.05) is 7.11 Å². The smallest absolute Gasteiger partial charge is 0.323 e. The molecule has 0 fully saturated rings. The van der Waals surface area contributed by atoms with Gasteiger partial charge in [0, 0.05) is 10.9 Å². The highest BCUT2D eigenvalue weighted by Gasteiger charge is 2.29. The number of rotatable bonds is 4. The Morgan fingerprint density at radius 2 is 2.32 bits per heavy atom. The second-order valence-electron chi connectivity index (χ2n) is 5.29. The molecule has 0 spiro atoms. The Kier molecular flexibility index (Phi) is 5.03. The number of methoxy groups -OCH3 is 1. The highest BCUT2D eigenvalue weighted by Crippen LogP contribution is 2.38. The van der Waals surface area contributed by atoms with Gasteiger partial charge in [0.15, 0.2) is 0 Å². The second-order valence-corrected chi connectivity index (χ2v) is 7.80. The molecule has 19 heavy (non-hydrogen) atoms. The van der Waals surface area contributed by atoms with Crippen LogP contribution < -0.4 is 5.32 Å². The van der Waals surface area contributed by atoms with Gasteiger partial charge in [0.25, 0.3) is 0 Å². The molecular weight excluding hydrogens is 326 g/mol. The van der Waals surface area contributed by atoms with E-state index < -0.39 is 0 Å². The zero-order valence-corrected chi connectivity index (χ0v) is 13.9. The van der Waals surface area contributed by atoms with Crippen LogP contribution in [0.25, 0.3) is 0 Å². The quantitative estimate of drug-likeness (QED) is 0.846. The molecule has 3 nitrogen and oxygen atoms in total. The third-order valence-electron chi connectivity index (χ3n) is 3.59. The van der Waals surface area contributed by atoms with Gasteiger partial charge in [0.1, 0.15) is 6.04 Å². The van der Waals surface area contributed by atoms with E-state index in [-0.39, 0.29) is 24.0 Å². The van der Waals surface area contributed by atoms with E-state index in [1.54, 1.807) is 11.3 Å². The number of carbonyl (C=O) groups is 1. The Morgan fingerprint density at radius 1 is 1.58 bits per heavy atom. The molecule has 1 aromatic heterocycles. The van der Waals surface area contributed by atoms with Crippen molar-refractivity contribution in [3.05, 3.63) is 20.3 Å². The molecule has 2 rings (SSSR count). The Labute approximate surface area is 126 Å². The summed E-state index contributed by atoms with van der Waals surface area (Å²) in [5.41, 5.74) is 1.35. The molecule has 2 unspecified atom stereocenters. The molecule has 1 aliphatic rings. The number of hydrogen-bond donors (Lipinski definition) is 1. The monoisotopic (exact) mass is 345 g/mol. The molecule has 2 atom stereocenters. The van der Waals surface area contributed by atoms with Gasteiger partial charge in [-0.1, -0.05) is 13.8 Å². The molecule has 0 amide bonds. The zero-order chi connectivity index (χ0) is 14.0. The molecule has 106 valence electrons. The molecule has 1 aromatic rings. The Balaban J connectivity index is 2.16. The molecule has 0 saturated carbocycles. The van der Waals surface area contributed by atoms with E-state index in [4.69, 9.17) is 4.74 Å². The van der Waals surface area contributed by atoms with Crippen LogP contribution in [-0.4, -0.2) is 19.1 Å². The van der Waals surface area contributed by atoms with Gasteiger partial charge in [-0.15, -0.1) is 11.3 Å². The number of halogens is 1. The fraction of sp³-hybridized carbons (Fsp3) is 0.643. The largest absolute Gasteiger partial charge is 0.468 e. The van der Waals surface area contributed by atoms with E-state index in [1.165, 1.54) is 27.8 Å². The first kappa shape index (κ1) is 15.0. The normalized spacial score (nSPS) is 20.2. The summed E-state index contributed by atoms with van der Waals surface area (Å²) in [6.45, 7) is 4.09. The number of nitrogens with one attached hydrogen (secondary N) is 1. The zero-order valence-electron chi connectivity index (χ0n) is 11.5. The maximum atomic E-state index is 11.9. The summed E-state index contributed by atoms with van der Waals surface area (Å²) < 4.78 is 6.07. The van der Waals surface area contributed by atoms with Crippen LogP contribution in [0, 0.1) is 5.92 Å². The summed E-state index contributed by atoms with van der Waals surface area (Å²) in [5.74, 6) is 0.0521. The summed E-state index contributed by atoms with van der Waals surface area (Å²) in [6.07, 6.45) is 3.40. The van der Waals surface area contributed by atoms with Gasteiger partial charge in [-0.25, -0.2) is 0 Å². The van der Waals surface area contributed by atoms with E-state index >= 15 is 0 Å². The number of ether oxygens (including phenoxy) is 1. The first-order valence-corrected chi connectivity index (χ1v) is 8.26. The van der Waals surface area contributed by atoms with Crippen LogP contribution in [0.15, 0.2) is 9.85 Å². The minimum atomic E-state index is -0.236. The first-order valence-electron chi connectivity index (χ1n) is 6.65. The number of carbonyl (C=O) groups excluding carboxylic acids is 1. The lowest BCUT2D eigenvalue weighted by atomic mass is 9.92. The van der Waals surface area contributed by atoms with Crippen molar-refractivity contribution < 1.29 is 9.53 Å². The van der Waals surface area contributed by atoms with Gasteiger partial charge in [-0.3, -0.25) is 10.1 Å². The van der Waals surface area contributed by atoms with Crippen LogP contribution in [0.4, 0.5) is 0 Å². The van der Waals surface area contributed by atoms with Crippen LogP contribution >= 0.6 is 27.3 Å². The minimum absolute atomic E-state index is 0.170. The number of esters is 1. The van der Waals surface area contributed by atoms with E-state index in [9.17, 15) is 4.79 Å². The van der Waals surface area contributed by atoms with Crippen LogP contribution in [0.1, 0.15) is 43.2 Å². The van der Waals surface area contributed by atoms with Gasteiger partial charge in [-0.05, 0) is 52.7 Å². The van der Waals surface area contributed by atoms with Crippen LogP contribution in [0.3, 0.4) is 0 Å². The van der Waals surface area contributed by atoms with E-state index in [2.05, 4.69) is 27.3 Å². The first-order chi connectivity index (χ1) is 9.02. The van der Waals surface area contributed by atoms with Crippen molar-refractivity contribution in [1.82, 2.24) is 5.32 Å². The molecule has 0 radical (unpaired) electrons. The van der Waals surface area contributed by atoms with E-state index in [0.717, 1.165) is 12.8 Å². The van der Waals surface area contributed by atoms with Crippen molar-refractivity contribution in [2.24, 2.45) is 5.92 Å². The van der Waals surface area contributed by atoms with Crippen LogP contribution in [0.5, 0.6) is 0 Å². The maximum Gasteiger partial charge on any atom is 0.323 e. The molecule has 0 bridgehead atoms. The number of aryl methyl sites for hydroxylation is 1. The lowest BCUT2D eigenvalue weighted by Crippen LogP contribution is -2.44. The number of fused-ring (bicyclic) bond motifs is 1. The predicted molar refractivity (Wildman–Crippen MR) is 81.5 cm³/mol. The molecule has 1 N–H and O–H groups in total. The molecule has 0 saturated heterocycles. The molecule has 5 heteroatoms. The highest BCUT2D eigenvalue weighted by atomic mass is 79.9. The van der Waals surface area contributed by atoms with E-state index in [1.807, 2.05) is 13.8 Å². The van der Waals surface area contributed by atoms with Gasteiger partial charge in [0.05, 0.1) is 10.9 Å². The summed E-state index contributed by atoms with van der Waals surface area (Å²) >= 11 is 5.36. The Morgan fingerprint density at radius 3 is 2.95 bits per heavy atom. The van der Waals surface area contributed by atoms with Crippen molar-refractivity contribution in [3.8, 4) is 0 Å². The van der Waals surface area contributed by atoms with Gasteiger partial charge < -0.3 is 4.74 Å². The number of thiophene rings is 1. The molecule has 1 heterocycles. The van der Waals surface area contributed by atoms with Crippen LogP contribution in [-0.2, 0) is 16.0 Å². The Bertz CT molecular complexity index is 458. The third kappa shape index (κ3) is 3.38. The van der Waals surface area contributed by atoms with Crippen LogP contribution in [0.2, 0.25) is 0 Å². The maximum absolute atomic E-state index is 11.9. The molecule has 1 aliphatic carbocycles. The van der Waals surface area contributed by atoms with Crippen molar-refractivity contribution >= 4 is 33.2 Å². The molecular formula is C14H20BrNO2S. The standard InChI is InChI=1S/C14H20BrNO2S/c1-8(2)13(14(17)18-3)16-10-5-4-6-11-9(10)7-12(15)19-11/h7-8,10,13,16H,4-6H2,1-3H3. The average molecular weight is 346 g/mol. The van der Waals surface area contributed by atoms with Gasteiger partial charge in [0.2, 0.25) is 0 Å². The van der Waals surface area contributed by atoms with Crippen molar-refractivity contribution in [2.45, 2.75) is 45.2 Å². The summed E-state index contributed by atoms with van der Waals surface area (Å²) in [5, 5.41) is 3.49. The van der Waals surface area contributed by atoms with Gasteiger partial charge >= 0.3 is 5.97 Å². The lowest BCUT2D eigenvalue weighted by molar-refractivity contribution is -0.144. The fourth-order valence-corrected chi connectivity index (χ4v) is 4.39. The van der Waals surface area contributed by atoms with E-state index in [0.29, 0.717) is 0 Å².